The van der Waals surface area contributed by atoms with Crippen LogP contribution >= 0.6 is 22.6 Å². The Kier molecular flexibility index (Phi) is 10.9. The van der Waals surface area contributed by atoms with E-state index in [1.807, 2.05) is 32.3 Å². The molecule has 2 fully saturated rings. The van der Waals surface area contributed by atoms with Crippen LogP contribution in [0.2, 0.25) is 0 Å². The molecule has 0 aromatic heterocycles. The summed E-state index contributed by atoms with van der Waals surface area (Å²) in [5.74, 6) is 1.26. The van der Waals surface area contributed by atoms with E-state index in [2.05, 4.69) is 67.4 Å². The smallest absolute Gasteiger partial charge is 0.240 e. The fourth-order valence-electron chi connectivity index (χ4n) is 6.05. The highest BCUT2D eigenvalue weighted by Gasteiger charge is 2.51. The molecule has 0 radical (unpaired) electrons. The minimum absolute atomic E-state index is 0.0350. The van der Waals surface area contributed by atoms with Crippen molar-refractivity contribution in [3.8, 4) is 5.75 Å². The quantitative estimate of drug-likeness (QED) is 0.336. The minimum Gasteiger partial charge on any atom is -0.491 e. The van der Waals surface area contributed by atoms with Gasteiger partial charge in [-0.15, -0.1) is 0 Å². The van der Waals surface area contributed by atoms with Gasteiger partial charge in [0.1, 0.15) is 24.5 Å². The second-order valence-electron chi connectivity index (χ2n) is 12.3. The van der Waals surface area contributed by atoms with E-state index < -0.39 is 24.2 Å². The molecule has 1 aromatic rings. The third kappa shape index (κ3) is 6.83. The number of hydrogen-bond donors (Lipinski definition) is 3. The summed E-state index contributed by atoms with van der Waals surface area (Å²) < 4.78 is 7.14. The van der Waals surface area contributed by atoms with Gasteiger partial charge in [0.2, 0.25) is 5.91 Å². The van der Waals surface area contributed by atoms with Gasteiger partial charge in [-0.25, -0.2) is 0 Å². The highest BCUT2D eigenvalue weighted by atomic mass is 127. The van der Waals surface area contributed by atoms with Crippen molar-refractivity contribution in [2.45, 2.75) is 78.8 Å². The van der Waals surface area contributed by atoms with Crippen LogP contribution in [0.25, 0.3) is 0 Å². The van der Waals surface area contributed by atoms with Crippen LogP contribution in [0, 0.1) is 32.7 Å². The van der Waals surface area contributed by atoms with Gasteiger partial charge in [0.25, 0.3) is 0 Å². The molecule has 8 nitrogen and oxygen atoms in total. The first-order chi connectivity index (χ1) is 17.8. The summed E-state index contributed by atoms with van der Waals surface area (Å²) in [6.07, 6.45) is -0.603. The minimum atomic E-state index is -0.833. The molecule has 3 N–H and O–H groups in total. The zero-order valence-electron chi connectivity index (χ0n) is 24.3. The van der Waals surface area contributed by atoms with Gasteiger partial charge in [0, 0.05) is 24.1 Å². The Morgan fingerprint density at radius 2 is 2.00 bits per heavy atom. The van der Waals surface area contributed by atoms with Crippen molar-refractivity contribution in [1.29, 1.82) is 0 Å². The topological polar surface area (TPSA) is 94.5 Å². The van der Waals surface area contributed by atoms with Crippen molar-refractivity contribution >= 4 is 28.5 Å². The molecule has 3 rings (SSSR count). The second-order valence-corrected chi connectivity index (χ2v) is 13.4. The normalized spacial score (nSPS) is 32.4. The maximum absolute atomic E-state index is 13.9. The van der Waals surface area contributed by atoms with Gasteiger partial charge in [-0.3, -0.25) is 9.63 Å². The number of nitrogens with one attached hydrogen (secondary N) is 1. The first-order valence-corrected chi connectivity index (χ1v) is 14.9. The van der Waals surface area contributed by atoms with Gasteiger partial charge in [0.15, 0.2) is 0 Å². The third-order valence-corrected chi connectivity index (χ3v) is 10.2. The van der Waals surface area contributed by atoms with Gasteiger partial charge in [-0.2, -0.15) is 5.06 Å². The van der Waals surface area contributed by atoms with Gasteiger partial charge >= 0.3 is 0 Å². The third-order valence-electron chi connectivity index (χ3n) is 9.34. The summed E-state index contributed by atoms with van der Waals surface area (Å²) >= 11 is 2.26. The van der Waals surface area contributed by atoms with Crippen molar-refractivity contribution < 1.29 is 24.6 Å². The molecule has 1 amide bonds. The lowest BCUT2D eigenvalue weighted by Gasteiger charge is -2.50. The van der Waals surface area contributed by atoms with E-state index in [1.165, 1.54) is 0 Å². The maximum atomic E-state index is 13.9. The van der Waals surface area contributed by atoms with Crippen LogP contribution in [0.5, 0.6) is 5.75 Å². The lowest BCUT2D eigenvalue weighted by Crippen LogP contribution is -2.56. The molecule has 1 saturated carbocycles. The second kappa shape index (κ2) is 13.1. The maximum Gasteiger partial charge on any atom is 0.240 e. The molecule has 1 aliphatic heterocycles. The number of rotatable bonds is 10. The fourth-order valence-corrected chi connectivity index (χ4v) is 6.76. The molecule has 1 saturated heterocycles. The summed E-state index contributed by atoms with van der Waals surface area (Å²) in [6, 6.07) is 5.22. The fraction of sp³-hybridized carbons (Fsp3) is 0.759. The number of carbonyl (C=O) groups excluding carboxylic acids is 1. The Morgan fingerprint density at radius 1 is 1.32 bits per heavy atom. The summed E-state index contributed by atoms with van der Waals surface area (Å²) in [7, 11) is 4.00. The molecule has 1 heterocycles. The van der Waals surface area contributed by atoms with E-state index >= 15 is 0 Å². The Balaban J connectivity index is 1.86. The summed E-state index contributed by atoms with van der Waals surface area (Å²) in [6.45, 7) is 14.4. The van der Waals surface area contributed by atoms with E-state index in [4.69, 9.17) is 9.57 Å². The molecule has 1 aliphatic carbocycles. The molecule has 2 aliphatic rings. The predicted octanol–water partition coefficient (Wildman–Crippen LogP) is 3.53. The van der Waals surface area contributed by atoms with Crippen LogP contribution in [-0.4, -0.2) is 84.2 Å². The number of likely N-dealkylation sites (N-methyl/N-ethyl adjacent to an activating group) is 1. The molecule has 1 aromatic carbocycles. The monoisotopic (exact) mass is 645 g/mol. The van der Waals surface area contributed by atoms with Crippen molar-refractivity contribution in [2.24, 2.45) is 29.1 Å². The Labute approximate surface area is 242 Å². The van der Waals surface area contributed by atoms with Crippen molar-refractivity contribution in [3.05, 3.63) is 27.3 Å². The number of ether oxygens (including phenoxy) is 1. The molecule has 9 heteroatoms. The molecule has 216 valence electrons. The molecule has 0 unspecified atom stereocenters. The number of hydrogen-bond acceptors (Lipinski definition) is 7. The molecular weight excluding hydrogens is 597 g/mol. The number of halogens is 1. The molecular formula is C29H48IN3O5. The zero-order chi connectivity index (χ0) is 28.4. The number of benzene rings is 1. The van der Waals surface area contributed by atoms with Crippen LogP contribution in [-0.2, 0) is 16.2 Å². The molecule has 0 bridgehead atoms. The van der Waals surface area contributed by atoms with E-state index in [1.54, 1.807) is 12.0 Å². The van der Waals surface area contributed by atoms with Gasteiger partial charge in [-0.05, 0) is 79.3 Å². The van der Waals surface area contributed by atoms with Crippen LogP contribution < -0.4 is 10.1 Å². The number of amides is 1. The SMILES string of the molecule is C[C@@H]1[C@@H](NC(=O)[C@@H]2[C@H]([C@H](C)O)[C@H](CO)ON2Cc2cccc(I)c2OCCN(C)C)C[C@@H](C)C(C)(C)[C@H]1C. The van der Waals surface area contributed by atoms with Crippen LogP contribution in [0.15, 0.2) is 18.2 Å². The number of nitrogens with zero attached hydrogens (tertiary/aromatic N) is 2. The number of aliphatic hydroxyl groups is 2. The van der Waals surface area contributed by atoms with E-state index in [-0.39, 0.29) is 24.0 Å². The standard InChI is InChI=1S/C29H48IN3O5/c1-17-14-23(18(2)19(3)29(17,5)6)31-28(36)26-25(20(4)35)24(16-34)38-33(26)15-21-10-9-11-22(30)27(21)37-13-12-32(7)8/h9-11,17-20,23-26,34-35H,12-16H2,1-8H3,(H,31,36)/t17-,18+,19+,20+,23+,24+,25-,26+/m1/s1. The van der Waals surface area contributed by atoms with Gasteiger partial charge in [0.05, 0.1) is 22.8 Å². The lowest BCUT2D eigenvalue weighted by molar-refractivity contribution is -0.182. The lowest BCUT2D eigenvalue weighted by atomic mass is 9.58. The number of para-hydroxylation sites is 1. The van der Waals surface area contributed by atoms with Gasteiger partial charge in [-0.1, -0.05) is 46.8 Å². The Hall–Kier alpha value is -0.980. The van der Waals surface area contributed by atoms with E-state index in [0.29, 0.717) is 30.9 Å². The van der Waals surface area contributed by atoms with Crippen LogP contribution in [0.3, 0.4) is 0 Å². The average molecular weight is 646 g/mol. The van der Waals surface area contributed by atoms with E-state index in [0.717, 1.165) is 27.8 Å². The number of aliphatic hydroxyl groups excluding tert-OH is 2. The van der Waals surface area contributed by atoms with E-state index in [9.17, 15) is 15.0 Å². The summed E-state index contributed by atoms with van der Waals surface area (Å²) in [5, 5.41) is 25.8. The summed E-state index contributed by atoms with van der Waals surface area (Å²) in [5.41, 5.74) is 1.09. The first kappa shape index (κ1) is 31.5. The van der Waals surface area contributed by atoms with Crippen molar-refractivity contribution in [3.63, 3.8) is 0 Å². The average Bonchev–Trinajstić information content (AvgIpc) is 3.21. The highest BCUT2D eigenvalue weighted by molar-refractivity contribution is 14.1. The van der Waals surface area contributed by atoms with Crippen LogP contribution in [0.1, 0.15) is 53.5 Å². The largest absolute Gasteiger partial charge is 0.491 e. The number of carbonyl (C=O) groups is 1. The van der Waals surface area contributed by atoms with Crippen LogP contribution in [0.4, 0.5) is 0 Å². The zero-order valence-corrected chi connectivity index (χ0v) is 26.4. The highest BCUT2D eigenvalue weighted by Crippen LogP contribution is 2.47. The molecule has 8 atom stereocenters. The predicted molar refractivity (Wildman–Crippen MR) is 157 cm³/mol. The number of hydroxylamine groups is 2. The molecule has 0 spiro atoms. The van der Waals surface area contributed by atoms with Gasteiger partial charge < -0.3 is 25.2 Å². The first-order valence-electron chi connectivity index (χ1n) is 13.9. The van der Waals surface area contributed by atoms with Crippen molar-refractivity contribution in [1.82, 2.24) is 15.3 Å². The molecule has 38 heavy (non-hydrogen) atoms. The summed E-state index contributed by atoms with van der Waals surface area (Å²) in [4.78, 5) is 22.2. The Bertz CT molecular complexity index is 943. The Morgan fingerprint density at radius 3 is 2.61 bits per heavy atom. The van der Waals surface area contributed by atoms with Crippen molar-refractivity contribution in [2.75, 3.05) is 33.9 Å².